The third-order valence-electron chi connectivity index (χ3n) is 3.30. The molecule has 1 aliphatic rings. The fraction of sp³-hybridized carbons (Fsp3) is 0.231. The molecular formula is C13H12N4O3. The molecule has 1 aromatic carbocycles. The molecule has 0 fully saturated rings. The quantitative estimate of drug-likeness (QED) is 0.655. The Morgan fingerprint density at radius 1 is 1.30 bits per heavy atom. The molecule has 0 radical (unpaired) electrons. The maximum Gasteiger partial charge on any atom is 0.269 e. The number of hydrogen-bond acceptors (Lipinski definition) is 6. The molecule has 1 unspecified atom stereocenters. The summed E-state index contributed by atoms with van der Waals surface area (Å²) in [4.78, 5) is 18.4. The molecule has 0 amide bonds. The molecule has 102 valence electrons. The first kappa shape index (κ1) is 12.5. The van der Waals surface area contributed by atoms with Gasteiger partial charge in [-0.1, -0.05) is 0 Å². The summed E-state index contributed by atoms with van der Waals surface area (Å²) < 4.78 is 0. The Hall–Kier alpha value is -2.54. The van der Waals surface area contributed by atoms with E-state index in [0.717, 1.165) is 12.1 Å². The first-order chi connectivity index (χ1) is 9.65. The van der Waals surface area contributed by atoms with Gasteiger partial charge >= 0.3 is 0 Å². The van der Waals surface area contributed by atoms with Crippen molar-refractivity contribution in [3.05, 3.63) is 52.0 Å². The highest BCUT2D eigenvalue weighted by Gasteiger charge is 2.25. The van der Waals surface area contributed by atoms with E-state index in [2.05, 4.69) is 15.3 Å². The minimum atomic E-state index is -0.563. The van der Waals surface area contributed by atoms with Crippen molar-refractivity contribution in [2.24, 2.45) is 0 Å². The van der Waals surface area contributed by atoms with Crippen molar-refractivity contribution < 1.29 is 10.0 Å². The second-order valence-electron chi connectivity index (χ2n) is 4.57. The minimum absolute atomic E-state index is 0.0310. The molecule has 1 aliphatic carbocycles. The number of nitrogens with zero attached hydrogens (tertiary/aromatic N) is 3. The summed E-state index contributed by atoms with van der Waals surface area (Å²) in [5.41, 5.74) is 2.27. The molecule has 0 aliphatic heterocycles. The number of anilines is 2. The van der Waals surface area contributed by atoms with Gasteiger partial charge in [-0.05, 0) is 25.0 Å². The zero-order valence-corrected chi connectivity index (χ0v) is 10.5. The topological polar surface area (TPSA) is 101 Å². The second-order valence-corrected chi connectivity index (χ2v) is 4.57. The van der Waals surface area contributed by atoms with Crippen LogP contribution in [0.15, 0.2) is 30.6 Å². The van der Waals surface area contributed by atoms with Crippen LogP contribution in [0.1, 0.15) is 23.8 Å². The van der Waals surface area contributed by atoms with Gasteiger partial charge in [-0.15, -0.1) is 0 Å². The molecular weight excluding hydrogens is 260 g/mol. The molecule has 0 bridgehead atoms. The van der Waals surface area contributed by atoms with E-state index in [0.29, 0.717) is 23.5 Å². The average Bonchev–Trinajstić information content (AvgIpc) is 2.82. The summed E-state index contributed by atoms with van der Waals surface area (Å²) >= 11 is 0. The van der Waals surface area contributed by atoms with Crippen LogP contribution in [0.3, 0.4) is 0 Å². The number of hydrogen-bond donors (Lipinski definition) is 2. The van der Waals surface area contributed by atoms with E-state index in [4.69, 9.17) is 0 Å². The zero-order valence-electron chi connectivity index (χ0n) is 10.5. The van der Waals surface area contributed by atoms with Crippen molar-refractivity contribution in [1.29, 1.82) is 0 Å². The summed E-state index contributed by atoms with van der Waals surface area (Å²) in [5, 5.41) is 23.6. The number of benzene rings is 1. The van der Waals surface area contributed by atoms with Crippen LogP contribution < -0.4 is 5.32 Å². The first-order valence-electron chi connectivity index (χ1n) is 6.18. The Bertz CT molecular complexity index is 657. The standard InChI is InChI=1S/C13H12N4O3/c18-11-6-5-10-12(11)13(15-7-14-10)16-8-1-3-9(4-2-8)17(19)20/h1-4,7,11,18H,5-6H2,(H,14,15,16). The molecule has 0 saturated heterocycles. The molecule has 2 aromatic rings. The summed E-state index contributed by atoms with van der Waals surface area (Å²) in [7, 11) is 0. The second kappa shape index (κ2) is 4.86. The van der Waals surface area contributed by atoms with Gasteiger partial charge in [0.1, 0.15) is 12.1 Å². The van der Waals surface area contributed by atoms with Crippen molar-refractivity contribution >= 4 is 17.2 Å². The molecule has 0 spiro atoms. The predicted molar refractivity (Wildman–Crippen MR) is 71.7 cm³/mol. The van der Waals surface area contributed by atoms with Crippen LogP contribution in [-0.2, 0) is 6.42 Å². The van der Waals surface area contributed by atoms with Gasteiger partial charge in [0, 0.05) is 23.4 Å². The number of aliphatic hydroxyl groups excluding tert-OH is 1. The summed E-state index contributed by atoms with van der Waals surface area (Å²) in [6.07, 6.45) is 2.26. The average molecular weight is 272 g/mol. The van der Waals surface area contributed by atoms with Gasteiger partial charge in [-0.25, -0.2) is 9.97 Å². The van der Waals surface area contributed by atoms with E-state index in [-0.39, 0.29) is 5.69 Å². The van der Waals surface area contributed by atoms with Crippen LogP contribution in [0.5, 0.6) is 0 Å². The zero-order chi connectivity index (χ0) is 14.1. The highest BCUT2D eigenvalue weighted by Crippen LogP contribution is 2.35. The van der Waals surface area contributed by atoms with E-state index in [9.17, 15) is 15.2 Å². The van der Waals surface area contributed by atoms with Gasteiger partial charge in [0.15, 0.2) is 0 Å². The van der Waals surface area contributed by atoms with Gasteiger partial charge in [-0.2, -0.15) is 0 Å². The number of nitrogens with one attached hydrogen (secondary N) is 1. The van der Waals surface area contributed by atoms with Crippen LogP contribution in [0.2, 0.25) is 0 Å². The van der Waals surface area contributed by atoms with Crippen molar-refractivity contribution in [2.45, 2.75) is 18.9 Å². The molecule has 2 N–H and O–H groups in total. The number of nitro groups is 1. The van der Waals surface area contributed by atoms with Gasteiger partial charge in [0.2, 0.25) is 0 Å². The van der Waals surface area contributed by atoms with Crippen LogP contribution >= 0.6 is 0 Å². The number of rotatable bonds is 3. The maximum atomic E-state index is 10.6. The van der Waals surface area contributed by atoms with Crippen LogP contribution in [0.4, 0.5) is 17.2 Å². The van der Waals surface area contributed by atoms with Gasteiger partial charge in [0.05, 0.1) is 16.7 Å². The number of aromatic nitrogens is 2. The lowest BCUT2D eigenvalue weighted by Gasteiger charge is -2.11. The van der Waals surface area contributed by atoms with Crippen LogP contribution in [0.25, 0.3) is 0 Å². The molecule has 7 heteroatoms. The largest absolute Gasteiger partial charge is 0.388 e. The fourth-order valence-electron chi connectivity index (χ4n) is 2.30. The summed E-state index contributed by atoms with van der Waals surface area (Å²) in [6.45, 7) is 0. The fourth-order valence-corrected chi connectivity index (χ4v) is 2.30. The van der Waals surface area contributed by atoms with Crippen molar-refractivity contribution in [3.8, 4) is 0 Å². The van der Waals surface area contributed by atoms with E-state index in [1.54, 1.807) is 12.1 Å². The summed E-state index contributed by atoms with van der Waals surface area (Å²) in [5.74, 6) is 0.550. The first-order valence-corrected chi connectivity index (χ1v) is 6.18. The van der Waals surface area contributed by atoms with Crippen LogP contribution in [0, 0.1) is 10.1 Å². The Balaban J connectivity index is 1.89. The van der Waals surface area contributed by atoms with E-state index >= 15 is 0 Å². The third-order valence-corrected chi connectivity index (χ3v) is 3.30. The Labute approximate surface area is 114 Å². The molecule has 0 saturated carbocycles. The van der Waals surface area contributed by atoms with Gasteiger partial charge < -0.3 is 10.4 Å². The summed E-state index contributed by atoms with van der Waals surface area (Å²) in [6, 6.07) is 6.04. The Morgan fingerprint density at radius 3 is 2.75 bits per heavy atom. The SMILES string of the molecule is O=[N+]([O-])c1ccc(Nc2ncnc3c2C(O)CC3)cc1. The highest BCUT2D eigenvalue weighted by atomic mass is 16.6. The normalized spacial score (nSPS) is 16.8. The number of nitro benzene ring substituents is 1. The van der Waals surface area contributed by atoms with E-state index in [1.165, 1.54) is 18.5 Å². The lowest BCUT2D eigenvalue weighted by Crippen LogP contribution is -2.03. The monoisotopic (exact) mass is 272 g/mol. The van der Waals surface area contributed by atoms with E-state index < -0.39 is 11.0 Å². The molecule has 7 nitrogen and oxygen atoms in total. The number of non-ortho nitro benzene ring substituents is 1. The lowest BCUT2D eigenvalue weighted by atomic mass is 10.2. The van der Waals surface area contributed by atoms with Crippen molar-refractivity contribution in [1.82, 2.24) is 9.97 Å². The van der Waals surface area contributed by atoms with E-state index in [1.807, 2.05) is 0 Å². The maximum absolute atomic E-state index is 10.6. The van der Waals surface area contributed by atoms with Gasteiger partial charge in [0.25, 0.3) is 5.69 Å². The molecule has 1 atom stereocenters. The van der Waals surface area contributed by atoms with Crippen molar-refractivity contribution in [2.75, 3.05) is 5.32 Å². The molecule has 1 aromatic heterocycles. The molecule has 3 rings (SSSR count). The van der Waals surface area contributed by atoms with Crippen molar-refractivity contribution in [3.63, 3.8) is 0 Å². The number of fused-ring (bicyclic) bond motifs is 1. The number of aliphatic hydroxyl groups is 1. The predicted octanol–water partition coefficient (Wildman–Crippen LogP) is 2.11. The third kappa shape index (κ3) is 2.19. The minimum Gasteiger partial charge on any atom is -0.388 e. The van der Waals surface area contributed by atoms with Gasteiger partial charge in [-0.3, -0.25) is 10.1 Å². The van der Waals surface area contributed by atoms with Crippen LogP contribution in [-0.4, -0.2) is 20.0 Å². The lowest BCUT2D eigenvalue weighted by molar-refractivity contribution is -0.384. The highest BCUT2D eigenvalue weighted by molar-refractivity contribution is 5.62. The molecule has 1 heterocycles. The Kier molecular flexibility index (Phi) is 3.03. The number of aryl methyl sites for hydroxylation is 1. The smallest absolute Gasteiger partial charge is 0.269 e. The molecule has 20 heavy (non-hydrogen) atoms. The Morgan fingerprint density at radius 2 is 2.05 bits per heavy atom.